The molecule has 0 spiro atoms. The van der Waals surface area contributed by atoms with Crippen molar-refractivity contribution in [3.8, 4) is 0 Å². The molecular weight excluding hydrogens is 300 g/mol. The van der Waals surface area contributed by atoms with E-state index in [0.29, 0.717) is 6.42 Å². The summed E-state index contributed by atoms with van der Waals surface area (Å²) in [7, 11) is 1.59. The van der Waals surface area contributed by atoms with Crippen molar-refractivity contribution in [3.63, 3.8) is 0 Å². The van der Waals surface area contributed by atoms with Gasteiger partial charge in [-0.2, -0.15) is 0 Å². The summed E-state index contributed by atoms with van der Waals surface area (Å²) in [6.45, 7) is 4.11. The van der Waals surface area contributed by atoms with E-state index in [2.05, 4.69) is 6.92 Å². The molecule has 5 nitrogen and oxygen atoms in total. The largest absolute Gasteiger partial charge is 0.543 e. The first-order chi connectivity index (χ1) is 10.6. The van der Waals surface area contributed by atoms with Crippen molar-refractivity contribution < 1.29 is 22.8 Å². The molecule has 0 radical (unpaired) electrons. The van der Waals surface area contributed by atoms with Gasteiger partial charge in [0.25, 0.3) is 0 Å². The minimum Gasteiger partial charge on any atom is -0.455 e. The molecule has 0 aliphatic rings. The molecule has 1 unspecified atom stereocenters. The summed E-state index contributed by atoms with van der Waals surface area (Å²) in [6, 6.07) is 0. The lowest BCUT2D eigenvalue weighted by Gasteiger charge is -2.30. The van der Waals surface area contributed by atoms with Crippen molar-refractivity contribution in [2.24, 2.45) is 0 Å². The fourth-order valence-corrected chi connectivity index (χ4v) is 4.32. The molecule has 0 aromatic rings. The third-order valence-corrected chi connectivity index (χ3v) is 6.63. The van der Waals surface area contributed by atoms with Crippen molar-refractivity contribution in [2.75, 3.05) is 21.3 Å². The van der Waals surface area contributed by atoms with Crippen LogP contribution in [-0.2, 0) is 22.8 Å². The molecule has 0 amide bonds. The molecule has 22 heavy (non-hydrogen) atoms. The highest BCUT2D eigenvalue weighted by Crippen LogP contribution is 2.18. The summed E-state index contributed by atoms with van der Waals surface area (Å²) < 4.78 is 21.5. The highest BCUT2D eigenvalue weighted by molar-refractivity contribution is 6.62. The minimum absolute atomic E-state index is 0.372. The summed E-state index contributed by atoms with van der Waals surface area (Å²) in [5.41, 5.74) is -0.491. The standard InChI is InChI=1S/C16H32O5Si/c1-6-8-9-10-11-12-13-14-15(17)21-16(7-2)22(18-3,19-4)20-5/h13-14,16H,6-12H2,1-5H3. The van der Waals surface area contributed by atoms with Crippen molar-refractivity contribution in [1.82, 2.24) is 0 Å². The monoisotopic (exact) mass is 332 g/mol. The Balaban J connectivity index is 4.26. The highest BCUT2D eigenvalue weighted by atomic mass is 28.4. The Morgan fingerprint density at radius 1 is 1.00 bits per heavy atom. The average molecular weight is 333 g/mol. The van der Waals surface area contributed by atoms with Gasteiger partial charge in [0.05, 0.1) is 0 Å². The lowest BCUT2D eigenvalue weighted by Crippen LogP contribution is -2.55. The number of carbonyl (C=O) groups excluding carboxylic acids is 1. The molecule has 0 rings (SSSR count). The molecule has 0 aromatic carbocycles. The normalized spacial score (nSPS) is 13.5. The van der Waals surface area contributed by atoms with Crippen LogP contribution < -0.4 is 0 Å². The SMILES string of the molecule is CCCCCCCC=CC(=O)OC(CC)[Si](OC)(OC)OC. The lowest BCUT2D eigenvalue weighted by atomic mass is 10.1. The van der Waals surface area contributed by atoms with Crippen molar-refractivity contribution in [3.05, 3.63) is 12.2 Å². The van der Waals surface area contributed by atoms with E-state index >= 15 is 0 Å². The zero-order valence-electron chi connectivity index (χ0n) is 14.7. The van der Waals surface area contributed by atoms with Crippen LogP contribution in [0.5, 0.6) is 0 Å². The molecular formula is C16H32O5Si. The number of unbranched alkanes of at least 4 members (excludes halogenated alkanes) is 5. The third-order valence-electron chi connectivity index (χ3n) is 3.61. The van der Waals surface area contributed by atoms with Gasteiger partial charge in [0.1, 0.15) is 0 Å². The Morgan fingerprint density at radius 2 is 1.59 bits per heavy atom. The van der Waals surface area contributed by atoms with Crippen LogP contribution in [0.1, 0.15) is 58.8 Å². The summed E-state index contributed by atoms with van der Waals surface area (Å²) in [6.07, 6.45) is 10.9. The number of ether oxygens (including phenoxy) is 1. The van der Waals surface area contributed by atoms with Gasteiger partial charge in [-0.1, -0.05) is 45.6 Å². The van der Waals surface area contributed by atoms with E-state index in [-0.39, 0.29) is 5.97 Å². The molecule has 0 aromatic heterocycles. The maximum absolute atomic E-state index is 11.9. The minimum atomic E-state index is -2.96. The molecule has 1 atom stereocenters. The first kappa shape index (κ1) is 21.3. The number of hydrogen-bond donors (Lipinski definition) is 0. The van der Waals surface area contributed by atoms with Gasteiger partial charge in [0.2, 0.25) is 0 Å². The summed E-state index contributed by atoms with van der Waals surface area (Å²) in [5, 5.41) is 0. The Hall–Kier alpha value is -0.693. The first-order valence-electron chi connectivity index (χ1n) is 8.12. The first-order valence-corrected chi connectivity index (χ1v) is 9.92. The number of allylic oxidation sites excluding steroid dienone is 1. The van der Waals surface area contributed by atoms with E-state index in [0.717, 1.165) is 12.8 Å². The molecule has 0 saturated heterocycles. The second-order valence-electron chi connectivity index (χ2n) is 5.15. The molecule has 0 saturated carbocycles. The van der Waals surface area contributed by atoms with Crippen LogP contribution in [0.4, 0.5) is 0 Å². The van der Waals surface area contributed by atoms with Gasteiger partial charge < -0.3 is 18.0 Å². The molecule has 6 heteroatoms. The second-order valence-corrected chi connectivity index (χ2v) is 8.23. The topological polar surface area (TPSA) is 54.0 Å². The van der Waals surface area contributed by atoms with E-state index in [1.165, 1.54) is 53.1 Å². The fourth-order valence-electron chi connectivity index (χ4n) is 2.27. The predicted octanol–water partition coefficient (Wildman–Crippen LogP) is 3.64. The van der Waals surface area contributed by atoms with Crippen LogP contribution in [0.2, 0.25) is 0 Å². The van der Waals surface area contributed by atoms with Gasteiger partial charge in [-0.25, -0.2) is 4.79 Å². The van der Waals surface area contributed by atoms with Gasteiger partial charge >= 0.3 is 14.8 Å². The molecule has 0 bridgehead atoms. The van der Waals surface area contributed by atoms with Crippen molar-refractivity contribution in [2.45, 2.75) is 64.5 Å². The zero-order valence-corrected chi connectivity index (χ0v) is 15.7. The summed E-state index contributed by atoms with van der Waals surface area (Å²) in [4.78, 5) is 11.9. The van der Waals surface area contributed by atoms with Crippen LogP contribution in [0.15, 0.2) is 12.2 Å². The van der Waals surface area contributed by atoms with Crippen LogP contribution in [0.3, 0.4) is 0 Å². The van der Waals surface area contributed by atoms with E-state index in [9.17, 15) is 4.79 Å². The Labute approximate surface area is 136 Å². The van der Waals surface area contributed by atoms with E-state index in [1.807, 2.05) is 13.0 Å². The van der Waals surface area contributed by atoms with Crippen molar-refractivity contribution in [1.29, 1.82) is 0 Å². The highest BCUT2D eigenvalue weighted by Gasteiger charge is 2.49. The fraction of sp³-hybridized carbons (Fsp3) is 0.812. The van der Waals surface area contributed by atoms with E-state index in [1.54, 1.807) is 0 Å². The molecule has 130 valence electrons. The Morgan fingerprint density at radius 3 is 2.09 bits per heavy atom. The molecule has 0 fully saturated rings. The molecule has 0 N–H and O–H groups in total. The van der Waals surface area contributed by atoms with Crippen LogP contribution in [0, 0.1) is 0 Å². The maximum atomic E-state index is 11.9. The molecule has 0 heterocycles. The van der Waals surface area contributed by atoms with Crippen LogP contribution in [0.25, 0.3) is 0 Å². The third kappa shape index (κ3) is 7.53. The second kappa shape index (κ2) is 12.8. The molecule has 0 aliphatic heterocycles. The quantitative estimate of drug-likeness (QED) is 0.223. The summed E-state index contributed by atoms with van der Waals surface area (Å²) >= 11 is 0. The van der Waals surface area contributed by atoms with E-state index in [4.69, 9.17) is 18.0 Å². The van der Waals surface area contributed by atoms with Crippen LogP contribution in [-0.4, -0.2) is 41.8 Å². The lowest BCUT2D eigenvalue weighted by molar-refractivity contribution is -0.142. The van der Waals surface area contributed by atoms with Gasteiger partial charge in [0, 0.05) is 27.4 Å². The van der Waals surface area contributed by atoms with Crippen LogP contribution >= 0.6 is 0 Å². The van der Waals surface area contributed by atoms with Gasteiger partial charge in [0.15, 0.2) is 5.73 Å². The van der Waals surface area contributed by atoms with Crippen molar-refractivity contribution >= 4 is 14.8 Å². The van der Waals surface area contributed by atoms with E-state index < -0.39 is 14.5 Å². The molecule has 0 aliphatic carbocycles. The van der Waals surface area contributed by atoms with Gasteiger partial charge in [-0.3, -0.25) is 0 Å². The number of esters is 1. The smallest absolute Gasteiger partial charge is 0.455 e. The predicted molar refractivity (Wildman–Crippen MR) is 89.5 cm³/mol. The van der Waals surface area contributed by atoms with Gasteiger partial charge in [-0.15, -0.1) is 0 Å². The number of rotatable bonds is 13. The summed E-state index contributed by atoms with van der Waals surface area (Å²) in [5.74, 6) is -0.372. The maximum Gasteiger partial charge on any atom is 0.543 e. The number of hydrogen-bond acceptors (Lipinski definition) is 5. The Bertz CT molecular complexity index is 307. The Kier molecular flexibility index (Phi) is 12.4. The average Bonchev–Trinajstić information content (AvgIpc) is 2.54. The number of carbonyl (C=O) groups is 1. The van der Waals surface area contributed by atoms with Gasteiger partial charge in [-0.05, 0) is 19.3 Å². The zero-order chi connectivity index (χ0) is 16.8.